The minimum Gasteiger partial charge on any atom is -0.481 e. The Hall–Kier alpha value is -3.74. The zero-order valence-corrected chi connectivity index (χ0v) is 19.5. The summed E-state index contributed by atoms with van der Waals surface area (Å²) in [4.78, 5) is 18.6. The molecule has 1 atom stereocenters. The van der Waals surface area contributed by atoms with Crippen LogP contribution in [0, 0.1) is 25.2 Å². The zero-order chi connectivity index (χ0) is 23.8. The van der Waals surface area contributed by atoms with Crippen molar-refractivity contribution in [1.82, 2.24) is 25.0 Å². The van der Waals surface area contributed by atoms with E-state index in [9.17, 15) is 10.1 Å². The molecule has 174 valence electrons. The number of methoxy groups -OCH3 is 1. The minimum atomic E-state index is -0.237. The van der Waals surface area contributed by atoms with Gasteiger partial charge in [-0.05, 0) is 42.7 Å². The number of nitrogens with one attached hydrogen (secondary N) is 1. The number of carbonyl (C=O) groups is 1. The molecule has 3 aromatic rings. The average Bonchev–Trinajstić information content (AvgIpc) is 3.43. The Labute approximate surface area is 197 Å². The lowest BCUT2D eigenvalue weighted by Gasteiger charge is -2.34. The van der Waals surface area contributed by atoms with E-state index >= 15 is 0 Å². The maximum Gasteiger partial charge on any atom is 0.338 e. The maximum atomic E-state index is 11.9. The lowest BCUT2D eigenvalue weighted by molar-refractivity contribution is 0.0535. The minimum absolute atomic E-state index is 0.152. The highest BCUT2D eigenvalue weighted by atomic mass is 16.5. The van der Waals surface area contributed by atoms with E-state index in [0.29, 0.717) is 36.0 Å². The number of carbonyl (C=O) groups excluding carboxylic acids is 1. The first kappa shape index (κ1) is 22.1. The average molecular weight is 459 g/mol. The molecule has 0 saturated carbocycles. The number of aryl methyl sites for hydroxylation is 1. The van der Waals surface area contributed by atoms with Gasteiger partial charge < -0.3 is 14.8 Å². The van der Waals surface area contributed by atoms with Crippen LogP contribution in [0.4, 0.5) is 0 Å². The molecule has 0 radical (unpaired) electrons. The number of pyridine rings is 1. The Balaban J connectivity index is 1.36. The summed E-state index contributed by atoms with van der Waals surface area (Å²) in [5.74, 6) is 1.01. The molecular weight excluding hydrogens is 432 g/mol. The number of aromatic nitrogens is 3. The van der Waals surface area contributed by atoms with E-state index < -0.39 is 0 Å². The van der Waals surface area contributed by atoms with Crippen LogP contribution in [-0.4, -0.2) is 52.4 Å². The number of esters is 1. The number of nitriles is 1. The van der Waals surface area contributed by atoms with Crippen LogP contribution in [-0.2, 0) is 17.9 Å². The molecule has 0 spiro atoms. The predicted molar refractivity (Wildman–Crippen MR) is 124 cm³/mol. The van der Waals surface area contributed by atoms with Crippen LogP contribution in [0.1, 0.15) is 49.8 Å². The van der Waals surface area contributed by atoms with E-state index in [1.807, 2.05) is 31.3 Å². The smallest absolute Gasteiger partial charge is 0.338 e. The number of ether oxygens (including phenoxy) is 2. The third-order valence-electron chi connectivity index (χ3n) is 6.66. The molecule has 2 aromatic heterocycles. The molecule has 9 heteroatoms. The molecule has 1 fully saturated rings. The second-order valence-electron chi connectivity index (χ2n) is 8.68. The van der Waals surface area contributed by atoms with Gasteiger partial charge in [-0.2, -0.15) is 15.0 Å². The first-order valence-corrected chi connectivity index (χ1v) is 11.2. The third-order valence-corrected chi connectivity index (χ3v) is 6.66. The monoisotopic (exact) mass is 458 g/mol. The van der Waals surface area contributed by atoms with Crippen molar-refractivity contribution in [3.05, 3.63) is 69.5 Å². The number of rotatable bonds is 5. The highest BCUT2D eigenvalue weighted by molar-refractivity contribution is 5.94. The number of hydrogen-bond donors (Lipinski definition) is 1. The number of benzene rings is 1. The van der Waals surface area contributed by atoms with E-state index in [-0.39, 0.29) is 12.0 Å². The zero-order valence-electron chi connectivity index (χ0n) is 19.5. The van der Waals surface area contributed by atoms with Gasteiger partial charge in [0.15, 0.2) is 5.82 Å². The first-order chi connectivity index (χ1) is 16.5. The quantitative estimate of drug-likeness (QED) is 0.582. The van der Waals surface area contributed by atoms with Gasteiger partial charge in [0.05, 0.1) is 24.4 Å². The van der Waals surface area contributed by atoms with Gasteiger partial charge in [-0.15, -0.1) is 0 Å². The van der Waals surface area contributed by atoms with E-state index in [1.54, 1.807) is 18.0 Å². The van der Waals surface area contributed by atoms with Crippen LogP contribution in [0.15, 0.2) is 30.6 Å². The van der Waals surface area contributed by atoms with Gasteiger partial charge in [-0.3, -0.25) is 4.90 Å². The number of fused-ring (bicyclic) bond motifs is 1. The van der Waals surface area contributed by atoms with Gasteiger partial charge in [0.25, 0.3) is 0 Å². The van der Waals surface area contributed by atoms with Crippen LogP contribution in [0.5, 0.6) is 5.88 Å². The van der Waals surface area contributed by atoms with Crippen molar-refractivity contribution >= 4 is 5.97 Å². The van der Waals surface area contributed by atoms with E-state index in [2.05, 4.69) is 33.3 Å². The Kier molecular flexibility index (Phi) is 5.77. The molecule has 0 bridgehead atoms. The van der Waals surface area contributed by atoms with Crippen LogP contribution in [0.3, 0.4) is 0 Å². The molecule has 0 aliphatic carbocycles. The molecule has 1 N–H and O–H groups in total. The van der Waals surface area contributed by atoms with Crippen molar-refractivity contribution in [2.24, 2.45) is 0 Å². The highest BCUT2D eigenvalue weighted by Crippen LogP contribution is 2.31. The molecule has 1 saturated heterocycles. The van der Waals surface area contributed by atoms with Crippen molar-refractivity contribution in [3.8, 4) is 17.8 Å². The summed E-state index contributed by atoms with van der Waals surface area (Å²) in [6.45, 7) is 7.54. The van der Waals surface area contributed by atoms with Crippen LogP contribution in [0.25, 0.3) is 5.82 Å². The fraction of sp³-hybridized carbons (Fsp3) is 0.360. The van der Waals surface area contributed by atoms with Crippen molar-refractivity contribution in [1.29, 1.82) is 5.26 Å². The summed E-state index contributed by atoms with van der Waals surface area (Å²) in [6, 6.07) is 8.05. The molecular formula is C25H26N6O3. The van der Waals surface area contributed by atoms with Crippen LogP contribution in [0.2, 0.25) is 0 Å². The van der Waals surface area contributed by atoms with Gasteiger partial charge >= 0.3 is 5.97 Å². The molecule has 4 heterocycles. The van der Waals surface area contributed by atoms with Crippen LogP contribution < -0.4 is 10.1 Å². The normalized spacial score (nSPS) is 17.8. The number of cyclic esters (lactones) is 1. The summed E-state index contributed by atoms with van der Waals surface area (Å²) in [5, 5.41) is 17.3. The predicted octanol–water partition coefficient (Wildman–Crippen LogP) is 2.58. The largest absolute Gasteiger partial charge is 0.481 e. The molecule has 34 heavy (non-hydrogen) atoms. The topological polar surface area (TPSA) is 105 Å². The summed E-state index contributed by atoms with van der Waals surface area (Å²) in [7, 11) is 1.63. The van der Waals surface area contributed by atoms with Gasteiger partial charge in [-0.1, -0.05) is 6.07 Å². The summed E-state index contributed by atoms with van der Waals surface area (Å²) in [6.07, 6.45) is 3.37. The summed E-state index contributed by atoms with van der Waals surface area (Å²) < 4.78 is 12.6. The van der Waals surface area contributed by atoms with E-state index in [4.69, 9.17) is 9.47 Å². The van der Waals surface area contributed by atoms with Crippen molar-refractivity contribution in [3.63, 3.8) is 0 Å². The number of piperazine rings is 1. The van der Waals surface area contributed by atoms with Gasteiger partial charge in [0, 0.05) is 49.5 Å². The van der Waals surface area contributed by atoms with Crippen LogP contribution >= 0.6 is 0 Å². The lowest BCUT2D eigenvalue weighted by Crippen LogP contribution is -2.45. The Bertz CT molecular complexity index is 1310. The first-order valence-electron chi connectivity index (χ1n) is 11.2. The van der Waals surface area contributed by atoms with E-state index in [0.717, 1.165) is 41.9 Å². The Morgan fingerprint density at radius 1 is 1.32 bits per heavy atom. The molecule has 0 amide bonds. The Morgan fingerprint density at radius 2 is 2.18 bits per heavy atom. The SMILES string of the molecule is COc1c(CN2CCNC(c3ccc4c(c3C)COC4=O)C2)cnn1-c1cc(C)c(C#N)cn1. The second kappa shape index (κ2) is 8.89. The summed E-state index contributed by atoms with van der Waals surface area (Å²) >= 11 is 0. The second-order valence-corrected chi connectivity index (χ2v) is 8.68. The molecule has 9 nitrogen and oxygen atoms in total. The van der Waals surface area contributed by atoms with Crippen molar-refractivity contribution in [2.75, 3.05) is 26.7 Å². The number of hydrogen-bond acceptors (Lipinski definition) is 8. The maximum absolute atomic E-state index is 11.9. The van der Waals surface area contributed by atoms with E-state index in [1.165, 1.54) is 5.56 Å². The molecule has 2 aliphatic rings. The number of nitrogens with zero attached hydrogens (tertiary/aromatic N) is 5. The standard InChI is InChI=1S/C25H26N6O3/c1-15-8-23(28-10-17(15)9-26)31-24(33-3)18(11-29-31)12-30-7-6-27-22(13-30)19-4-5-20-21(16(19)2)14-34-25(20)32/h4-5,8,10-11,22,27H,6-7,12-14H2,1-3H3. The van der Waals surface area contributed by atoms with Gasteiger partial charge in [-0.25, -0.2) is 9.78 Å². The van der Waals surface area contributed by atoms with Crippen molar-refractivity contribution in [2.45, 2.75) is 33.0 Å². The molecule has 2 aliphatic heterocycles. The fourth-order valence-electron chi connectivity index (χ4n) is 4.78. The van der Waals surface area contributed by atoms with Gasteiger partial charge in [0.2, 0.25) is 5.88 Å². The lowest BCUT2D eigenvalue weighted by atomic mass is 9.93. The molecule has 5 rings (SSSR count). The highest BCUT2D eigenvalue weighted by Gasteiger charge is 2.29. The summed E-state index contributed by atoms with van der Waals surface area (Å²) in [5.41, 5.74) is 6.34. The van der Waals surface area contributed by atoms with Crippen molar-refractivity contribution < 1.29 is 14.3 Å². The van der Waals surface area contributed by atoms with Gasteiger partial charge in [0.1, 0.15) is 12.7 Å². The Morgan fingerprint density at radius 3 is 2.94 bits per heavy atom. The molecule has 1 unspecified atom stereocenters. The fourth-order valence-corrected chi connectivity index (χ4v) is 4.78. The third kappa shape index (κ3) is 3.81. The molecule has 1 aromatic carbocycles.